The third-order valence-corrected chi connectivity index (χ3v) is 5.05. The molecule has 2 aliphatic heterocycles. The SMILES string of the molecule is Cc1cc(-c2ccc3c(c2)CN(C2CCC(=O)NC2=O)C3=O)ncc1C#N. The summed E-state index contributed by atoms with van der Waals surface area (Å²) in [5.74, 6) is -0.919. The summed E-state index contributed by atoms with van der Waals surface area (Å²) in [6.07, 6.45) is 2.11. The van der Waals surface area contributed by atoms with Crippen molar-refractivity contribution in [2.75, 3.05) is 0 Å². The molecular weight excluding hydrogens is 344 g/mol. The van der Waals surface area contributed by atoms with Crippen LogP contribution in [0.15, 0.2) is 30.5 Å². The summed E-state index contributed by atoms with van der Waals surface area (Å²) < 4.78 is 0. The predicted octanol–water partition coefficient (Wildman–Crippen LogP) is 1.69. The molecule has 1 aromatic heterocycles. The number of hydrogen-bond donors (Lipinski definition) is 1. The number of carbonyl (C=O) groups excluding carboxylic acids is 3. The first-order valence-corrected chi connectivity index (χ1v) is 8.62. The maximum Gasteiger partial charge on any atom is 0.255 e. The normalized spacial score (nSPS) is 18.9. The molecule has 2 aliphatic rings. The molecule has 1 aromatic carbocycles. The van der Waals surface area contributed by atoms with Gasteiger partial charge in [-0.05, 0) is 42.7 Å². The second-order valence-corrected chi connectivity index (χ2v) is 6.77. The van der Waals surface area contributed by atoms with Gasteiger partial charge in [-0.2, -0.15) is 5.26 Å². The van der Waals surface area contributed by atoms with Gasteiger partial charge in [0.1, 0.15) is 12.1 Å². The largest absolute Gasteiger partial charge is 0.322 e. The van der Waals surface area contributed by atoms with Gasteiger partial charge in [0.25, 0.3) is 5.91 Å². The Morgan fingerprint density at radius 1 is 1.26 bits per heavy atom. The Kier molecular flexibility index (Phi) is 3.96. The molecule has 0 saturated carbocycles. The van der Waals surface area contributed by atoms with Crippen molar-refractivity contribution in [1.29, 1.82) is 5.26 Å². The number of fused-ring (bicyclic) bond motifs is 1. The van der Waals surface area contributed by atoms with Crippen molar-refractivity contribution in [3.05, 3.63) is 52.7 Å². The van der Waals surface area contributed by atoms with Crippen LogP contribution in [0.3, 0.4) is 0 Å². The van der Waals surface area contributed by atoms with E-state index in [9.17, 15) is 14.4 Å². The van der Waals surface area contributed by atoms with E-state index in [0.717, 1.165) is 22.4 Å². The van der Waals surface area contributed by atoms with Gasteiger partial charge in [-0.1, -0.05) is 6.07 Å². The fourth-order valence-electron chi connectivity index (χ4n) is 3.56. The Balaban J connectivity index is 1.63. The quantitative estimate of drug-likeness (QED) is 0.821. The van der Waals surface area contributed by atoms with Crippen molar-refractivity contribution in [2.45, 2.75) is 32.4 Å². The van der Waals surface area contributed by atoms with Gasteiger partial charge in [0.05, 0.1) is 11.3 Å². The van der Waals surface area contributed by atoms with E-state index in [0.29, 0.717) is 24.1 Å². The molecule has 1 N–H and O–H groups in total. The van der Waals surface area contributed by atoms with Crippen LogP contribution in [0.25, 0.3) is 11.3 Å². The first-order valence-electron chi connectivity index (χ1n) is 8.62. The molecule has 0 spiro atoms. The Labute approximate surface area is 155 Å². The van der Waals surface area contributed by atoms with Crippen LogP contribution in [0.4, 0.5) is 0 Å². The zero-order valence-electron chi connectivity index (χ0n) is 14.7. The third-order valence-electron chi connectivity index (χ3n) is 5.05. The zero-order chi connectivity index (χ0) is 19.1. The lowest BCUT2D eigenvalue weighted by molar-refractivity contribution is -0.136. The molecular formula is C20H16N4O3. The number of imide groups is 1. The van der Waals surface area contributed by atoms with E-state index in [1.54, 1.807) is 12.3 Å². The van der Waals surface area contributed by atoms with Crippen LogP contribution in [0.1, 0.15) is 39.9 Å². The molecule has 7 nitrogen and oxygen atoms in total. The van der Waals surface area contributed by atoms with Crippen molar-refractivity contribution in [3.63, 3.8) is 0 Å². The van der Waals surface area contributed by atoms with Gasteiger partial charge in [-0.3, -0.25) is 24.7 Å². The van der Waals surface area contributed by atoms with Crippen LogP contribution in [0.5, 0.6) is 0 Å². The molecule has 2 aromatic rings. The molecule has 7 heteroatoms. The summed E-state index contributed by atoms with van der Waals surface area (Å²) in [4.78, 5) is 42.0. The van der Waals surface area contributed by atoms with Crippen LogP contribution in [-0.4, -0.2) is 33.6 Å². The van der Waals surface area contributed by atoms with Gasteiger partial charge >= 0.3 is 0 Å². The molecule has 27 heavy (non-hydrogen) atoms. The summed E-state index contributed by atoms with van der Waals surface area (Å²) in [7, 11) is 0. The molecule has 3 amide bonds. The van der Waals surface area contributed by atoms with E-state index >= 15 is 0 Å². The van der Waals surface area contributed by atoms with Gasteiger partial charge in [0, 0.05) is 30.3 Å². The number of carbonyl (C=O) groups is 3. The van der Waals surface area contributed by atoms with Gasteiger partial charge in [0.15, 0.2) is 0 Å². The number of aromatic nitrogens is 1. The second kappa shape index (κ2) is 6.32. The van der Waals surface area contributed by atoms with Gasteiger partial charge in [-0.15, -0.1) is 0 Å². The second-order valence-electron chi connectivity index (χ2n) is 6.77. The van der Waals surface area contributed by atoms with Crippen molar-refractivity contribution >= 4 is 17.7 Å². The average Bonchev–Trinajstić information content (AvgIpc) is 2.97. The molecule has 4 rings (SSSR count). The monoisotopic (exact) mass is 360 g/mol. The van der Waals surface area contributed by atoms with Crippen LogP contribution in [0, 0.1) is 18.3 Å². The zero-order valence-corrected chi connectivity index (χ0v) is 14.7. The number of piperidine rings is 1. The highest BCUT2D eigenvalue weighted by Crippen LogP contribution is 2.31. The summed E-state index contributed by atoms with van der Waals surface area (Å²) in [6, 6.07) is 8.77. The van der Waals surface area contributed by atoms with E-state index in [1.165, 1.54) is 4.90 Å². The minimum atomic E-state index is -0.624. The number of rotatable bonds is 2. The van der Waals surface area contributed by atoms with Gasteiger partial charge < -0.3 is 4.90 Å². The van der Waals surface area contributed by atoms with Gasteiger partial charge in [-0.25, -0.2) is 0 Å². The smallest absolute Gasteiger partial charge is 0.255 e. The highest BCUT2D eigenvalue weighted by atomic mass is 16.2. The van der Waals surface area contributed by atoms with Crippen LogP contribution in [0.2, 0.25) is 0 Å². The van der Waals surface area contributed by atoms with Crippen molar-refractivity contribution in [3.8, 4) is 17.3 Å². The van der Waals surface area contributed by atoms with E-state index in [2.05, 4.69) is 16.4 Å². The molecule has 134 valence electrons. The van der Waals surface area contributed by atoms with Gasteiger partial charge in [0.2, 0.25) is 11.8 Å². The molecule has 1 saturated heterocycles. The first kappa shape index (κ1) is 16.9. The predicted molar refractivity (Wildman–Crippen MR) is 95.2 cm³/mol. The molecule has 0 aliphatic carbocycles. The van der Waals surface area contributed by atoms with Crippen molar-refractivity contribution in [1.82, 2.24) is 15.2 Å². The standard InChI is InChI=1S/C20H16N4O3/c1-11-6-16(22-9-14(11)8-21)12-2-3-15-13(7-12)10-24(20(15)27)17-4-5-18(25)23-19(17)26/h2-3,6-7,9,17H,4-5,10H2,1H3,(H,23,25,26). The summed E-state index contributed by atoms with van der Waals surface area (Å²) in [5, 5.41) is 11.3. The fourth-order valence-corrected chi connectivity index (χ4v) is 3.56. The number of nitrogens with zero attached hydrogens (tertiary/aromatic N) is 3. The highest BCUT2D eigenvalue weighted by molar-refractivity contribution is 6.05. The number of nitriles is 1. The van der Waals surface area contributed by atoms with E-state index in [4.69, 9.17) is 5.26 Å². The van der Waals surface area contributed by atoms with Crippen molar-refractivity contribution in [2.24, 2.45) is 0 Å². The minimum absolute atomic E-state index is 0.199. The molecule has 1 atom stereocenters. The number of nitrogens with one attached hydrogen (secondary N) is 1. The number of hydrogen-bond acceptors (Lipinski definition) is 5. The number of amides is 3. The summed E-state index contributed by atoms with van der Waals surface area (Å²) in [5.41, 5.74) is 4.32. The number of aryl methyl sites for hydroxylation is 1. The maximum absolute atomic E-state index is 12.7. The lowest BCUT2D eigenvalue weighted by atomic mass is 10.0. The van der Waals surface area contributed by atoms with Crippen LogP contribution >= 0.6 is 0 Å². The lowest BCUT2D eigenvalue weighted by Gasteiger charge is -2.29. The Morgan fingerprint density at radius 2 is 2.07 bits per heavy atom. The summed E-state index contributed by atoms with van der Waals surface area (Å²) >= 11 is 0. The van der Waals surface area contributed by atoms with Crippen molar-refractivity contribution < 1.29 is 14.4 Å². The van der Waals surface area contributed by atoms with E-state index in [1.807, 2.05) is 25.1 Å². The summed E-state index contributed by atoms with van der Waals surface area (Å²) in [6.45, 7) is 2.18. The minimum Gasteiger partial charge on any atom is -0.322 e. The molecule has 1 unspecified atom stereocenters. The van der Waals surface area contributed by atoms with E-state index < -0.39 is 11.9 Å². The fraction of sp³-hybridized carbons (Fsp3) is 0.250. The van der Waals surface area contributed by atoms with Crippen LogP contribution in [-0.2, 0) is 16.1 Å². The highest BCUT2D eigenvalue weighted by Gasteiger charge is 2.39. The third kappa shape index (κ3) is 2.85. The molecule has 0 bridgehead atoms. The Morgan fingerprint density at radius 3 is 2.78 bits per heavy atom. The first-order chi connectivity index (χ1) is 13.0. The molecule has 1 fully saturated rings. The van der Waals surface area contributed by atoms with E-state index in [-0.39, 0.29) is 18.2 Å². The molecule has 3 heterocycles. The number of pyridine rings is 1. The Bertz CT molecular complexity index is 1040. The van der Waals surface area contributed by atoms with Crippen LogP contribution < -0.4 is 5.32 Å². The number of benzene rings is 1. The average molecular weight is 360 g/mol. The molecule has 0 radical (unpaired) electrons. The topological polar surface area (TPSA) is 103 Å². The lowest BCUT2D eigenvalue weighted by Crippen LogP contribution is -2.52. The Hall–Kier alpha value is -3.53. The maximum atomic E-state index is 12.7.